The quantitative estimate of drug-likeness (QED) is 0.280. The van der Waals surface area contributed by atoms with Crippen molar-refractivity contribution in [1.29, 1.82) is 0 Å². The van der Waals surface area contributed by atoms with Crippen LogP contribution in [0, 0.1) is 0 Å². The molecule has 0 radical (unpaired) electrons. The predicted octanol–water partition coefficient (Wildman–Crippen LogP) is 5.50. The first-order valence-electron chi connectivity index (χ1n) is 14.6. The Morgan fingerprint density at radius 2 is 2.00 bits per heavy atom. The highest BCUT2D eigenvalue weighted by Crippen LogP contribution is 2.43. The van der Waals surface area contributed by atoms with E-state index in [1.54, 1.807) is 25.4 Å². The van der Waals surface area contributed by atoms with Crippen molar-refractivity contribution < 1.29 is 24.1 Å². The first-order chi connectivity index (χ1) is 21.0. The van der Waals surface area contributed by atoms with Crippen LogP contribution in [0.1, 0.15) is 64.4 Å². The number of pyridine rings is 2. The number of benzene rings is 1. The number of ether oxygens (including phenoxy) is 3. The van der Waals surface area contributed by atoms with Crippen LogP contribution in [0.15, 0.2) is 48.7 Å². The third-order valence-corrected chi connectivity index (χ3v) is 8.78. The topological polar surface area (TPSA) is 112 Å². The second-order valence-corrected chi connectivity index (χ2v) is 11.7. The van der Waals surface area contributed by atoms with E-state index >= 15 is 0 Å². The number of aromatic carboxylic acids is 1. The molecule has 43 heavy (non-hydrogen) atoms. The molecule has 222 valence electrons. The van der Waals surface area contributed by atoms with E-state index in [-0.39, 0.29) is 17.9 Å². The summed E-state index contributed by atoms with van der Waals surface area (Å²) in [5.74, 6) is 1.68. The average Bonchev–Trinajstić information content (AvgIpc) is 3.34. The molecule has 3 aromatic heterocycles. The number of hydrogen-bond donors (Lipinski definition) is 1. The van der Waals surface area contributed by atoms with Crippen LogP contribution >= 0.6 is 11.6 Å². The fourth-order valence-electron chi connectivity index (χ4n) is 6.19. The van der Waals surface area contributed by atoms with E-state index in [1.165, 1.54) is 11.6 Å². The van der Waals surface area contributed by atoms with E-state index in [0.717, 1.165) is 56.1 Å². The maximum Gasteiger partial charge on any atom is 0.354 e. The van der Waals surface area contributed by atoms with Crippen LogP contribution in [0.25, 0.3) is 17.2 Å². The maximum atomic E-state index is 11.6. The van der Waals surface area contributed by atoms with E-state index in [0.29, 0.717) is 46.6 Å². The van der Waals surface area contributed by atoms with Crippen LogP contribution in [0.5, 0.6) is 11.5 Å². The van der Waals surface area contributed by atoms with Crippen molar-refractivity contribution in [2.75, 3.05) is 26.8 Å². The van der Waals surface area contributed by atoms with E-state index in [9.17, 15) is 9.90 Å². The number of carbonyl (C=O) groups is 1. The van der Waals surface area contributed by atoms with Crippen LogP contribution < -0.4 is 9.47 Å². The SMILES string of the molecule is COc1cc(Cl)cnc1[C@H]1C=Cc2cccc(C3CCN(Cc4nc5ccc(C(=O)O)nc5n4C[C@@H]4CCO4)CC3)c2O1. The highest BCUT2D eigenvalue weighted by Gasteiger charge is 2.30. The van der Waals surface area contributed by atoms with Gasteiger partial charge in [-0.15, -0.1) is 0 Å². The number of nitrogens with zero attached hydrogens (tertiary/aromatic N) is 5. The zero-order valence-electron chi connectivity index (χ0n) is 23.8. The Balaban J connectivity index is 1.08. The Hall–Kier alpha value is -3.99. The fraction of sp³-hybridized carbons (Fsp3) is 0.375. The lowest BCUT2D eigenvalue weighted by Crippen LogP contribution is -2.35. The highest BCUT2D eigenvalue weighted by molar-refractivity contribution is 6.30. The third kappa shape index (κ3) is 5.46. The molecule has 0 aliphatic carbocycles. The largest absolute Gasteiger partial charge is 0.495 e. The first kappa shape index (κ1) is 27.8. The maximum absolute atomic E-state index is 11.6. The number of fused-ring (bicyclic) bond motifs is 2. The van der Waals surface area contributed by atoms with Gasteiger partial charge in [0.2, 0.25) is 0 Å². The lowest BCUT2D eigenvalue weighted by molar-refractivity contribution is -0.0593. The van der Waals surface area contributed by atoms with Crippen LogP contribution in [-0.4, -0.2) is 68.4 Å². The van der Waals surface area contributed by atoms with Gasteiger partial charge >= 0.3 is 5.97 Å². The number of para-hydroxylation sites is 1. The summed E-state index contributed by atoms with van der Waals surface area (Å²) < 4.78 is 19.9. The van der Waals surface area contributed by atoms with E-state index in [2.05, 4.69) is 39.1 Å². The zero-order chi connectivity index (χ0) is 29.5. The molecule has 11 heteroatoms. The molecule has 6 heterocycles. The number of halogens is 1. The van der Waals surface area contributed by atoms with Gasteiger partial charge in [-0.2, -0.15) is 0 Å². The molecular formula is C32H32ClN5O5. The van der Waals surface area contributed by atoms with Crippen molar-refractivity contribution >= 4 is 34.8 Å². The van der Waals surface area contributed by atoms with Gasteiger partial charge in [-0.1, -0.05) is 35.9 Å². The monoisotopic (exact) mass is 601 g/mol. The minimum atomic E-state index is -1.05. The van der Waals surface area contributed by atoms with Gasteiger partial charge in [-0.25, -0.2) is 14.8 Å². The molecule has 2 atom stereocenters. The van der Waals surface area contributed by atoms with E-state index in [1.807, 2.05) is 10.6 Å². The summed E-state index contributed by atoms with van der Waals surface area (Å²) >= 11 is 6.14. The van der Waals surface area contributed by atoms with Gasteiger partial charge < -0.3 is 23.9 Å². The van der Waals surface area contributed by atoms with Crippen LogP contribution in [0.2, 0.25) is 5.02 Å². The molecule has 0 spiro atoms. The molecule has 3 aliphatic heterocycles. The molecule has 3 aliphatic rings. The van der Waals surface area contributed by atoms with Crippen LogP contribution in [0.3, 0.4) is 0 Å². The summed E-state index contributed by atoms with van der Waals surface area (Å²) in [5, 5.41) is 10.0. The number of imidazole rings is 1. The average molecular weight is 602 g/mol. The molecule has 2 fully saturated rings. The van der Waals surface area contributed by atoms with Gasteiger partial charge in [0.1, 0.15) is 28.5 Å². The molecule has 10 nitrogen and oxygen atoms in total. The molecule has 7 rings (SSSR count). The molecule has 4 aromatic rings. The predicted molar refractivity (Wildman–Crippen MR) is 161 cm³/mol. The molecule has 1 aromatic carbocycles. The minimum absolute atomic E-state index is 0.0197. The Labute approximate surface area is 253 Å². The van der Waals surface area contributed by atoms with Crippen LogP contribution in [0.4, 0.5) is 0 Å². The Morgan fingerprint density at radius 3 is 2.74 bits per heavy atom. The smallest absolute Gasteiger partial charge is 0.354 e. The molecular weight excluding hydrogens is 570 g/mol. The number of hydrogen-bond acceptors (Lipinski definition) is 8. The summed E-state index contributed by atoms with van der Waals surface area (Å²) in [6, 6.07) is 11.4. The number of carboxylic acid groups (broad SMARTS) is 1. The molecule has 0 saturated carbocycles. The number of carboxylic acids is 1. The van der Waals surface area contributed by atoms with E-state index < -0.39 is 5.97 Å². The number of likely N-dealkylation sites (tertiary alicyclic amines) is 1. The van der Waals surface area contributed by atoms with Crippen molar-refractivity contribution in [2.24, 2.45) is 0 Å². The van der Waals surface area contributed by atoms with Gasteiger partial charge in [-0.05, 0) is 62.0 Å². The Morgan fingerprint density at radius 1 is 1.16 bits per heavy atom. The molecule has 1 N–H and O–H groups in total. The number of rotatable bonds is 8. The summed E-state index contributed by atoms with van der Waals surface area (Å²) in [6.07, 6.45) is 8.37. The second-order valence-electron chi connectivity index (χ2n) is 11.2. The standard InChI is InChI=1S/C32H32ClN5O5/c1-41-27-15-21(33)16-34-29(27)26-8-5-20-3-2-4-23(30(20)43-26)19-9-12-37(13-10-19)18-28-35-24-6-7-25(32(39)40)36-31(24)38(28)17-22-11-14-42-22/h2-8,15-16,19,22,26H,9-14,17-18H2,1H3,(H,39,40)/t22-,26+/m0/s1. The number of methoxy groups -OCH3 is 1. The van der Waals surface area contributed by atoms with Gasteiger partial charge in [0.05, 0.1) is 31.3 Å². The number of piperidine rings is 1. The van der Waals surface area contributed by atoms with Crippen molar-refractivity contribution in [2.45, 2.75) is 50.5 Å². The van der Waals surface area contributed by atoms with Gasteiger partial charge in [0.15, 0.2) is 17.4 Å². The van der Waals surface area contributed by atoms with Gasteiger partial charge in [0.25, 0.3) is 0 Å². The second kappa shape index (κ2) is 11.6. The van der Waals surface area contributed by atoms with Crippen molar-refractivity contribution in [1.82, 2.24) is 24.4 Å². The van der Waals surface area contributed by atoms with Gasteiger partial charge in [0, 0.05) is 24.4 Å². The molecule has 0 bridgehead atoms. The normalized spacial score (nSPS) is 20.4. The first-order valence-corrected chi connectivity index (χ1v) is 14.9. The van der Waals surface area contributed by atoms with Crippen molar-refractivity contribution in [3.63, 3.8) is 0 Å². The Bertz CT molecular complexity index is 1710. The molecule has 0 unspecified atom stereocenters. The lowest BCUT2D eigenvalue weighted by Gasteiger charge is -2.34. The molecule has 2 saturated heterocycles. The summed E-state index contributed by atoms with van der Waals surface area (Å²) in [6.45, 7) is 3.83. The van der Waals surface area contributed by atoms with E-state index in [4.69, 9.17) is 30.8 Å². The minimum Gasteiger partial charge on any atom is -0.495 e. The highest BCUT2D eigenvalue weighted by atomic mass is 35.5. The molecule has 0 amide bonds. The van der Waals surface area contributed by atoms with Gasteiger partial charge in [-0.3, -0.25) is 9.88 Å². The summed E-state index contributed by atoms with van der Waals surface area (Å²) in [4.78, 5) is 27.8. The van der Waals surface area contributed by atoms with Crippen molar-refractivity contribution in [3.05, 3.63) is 82.0 Å². The zero-order valence-corrected chi connectivity index (χ0v) is 24.5. The summed E-state index contributed by atoms with van der Waals surface area (Å²) in [7, 11) is 1.61. The Kier molecular flexibility index (Phi) is 7.50. The summed E-state index contributed by atoms with van der Waals surface area (Å²) in [5.41, 5.74) is 4.29. The van der Waals surface area contributed by atoms with Crippen molar-refractivity contribution in [3.8, 4) is 11.5 Å². The number of aromatic nitrogens is 4. The fourth-order valence-corrected chi connectivity index (χ4v) is 6.34. The third-order valence-electron chi connectivity index (χ3n) is 8.57. The van der Waals surface area contributed by atoms with Crippen LogP contribution in [-0.2, 0) is 17.8 Å². The lowest BCUT2D eigenvalue weighted by atomic mass is 9.87.